The Morgan fingerprint density at radius 3 is 2.19 bits per heavy atom. The summed E-state index contributed by atoms with van der Waals surface area (Å²) >= 11 is 0. The van der Waals surface area contributed by atoms with Crippen LogP contribution in [0.25, 0.3) is 0 Å². The highest BCUT2D eigenvalue weighted by Gasteiger charge is 2.19. The second-order valence-corrected chi connectivity index (χ2v) is 5.79. The zero-order chi connectivity index (χ0) is 15.9. The molecule has 0 saturated heterocycles. The lowest BCUT2D eigenvalue weighted by Gasteiger charge is -2.26. The molecule has 0 saturated carbocycles. The van der Waals surface area contributed by atoms with Gasteiger partial charge in [-0.3, -0.25) is 0 Å². The molecular formula is C16H30N4O. The monoisotopic (exact) mass is 294 g/mol. The molecular weight excluding hydrogens is 264 g/mol. The smallest absolute Gasteiger partial charge is 0.134 e. The van der Waals surface area contributed by atoms with Crippen LogP contribution in [0, 0.1) is 6.92 Å². The van der Waals surface area contributed by atoms with Crippen LogP contribution in [-0.4, -0.2) is 35.3 Å². The third-order valence-electron chi connectivity index (χ3n) is 3.27. The maximum atomic E-state index is 5.72. The molecule has 5 heteroatoms. The summed E-state index contributed by atoms with van der Waals surface area (Å²) in [5, 5.41) is 6.79. The van der Waals surface area contributed by atoms with Gasteiger partial charge < -0.3 is 15.4 Å². The number of aromatic nitrogens is 2. The SMILES string of the molecule is CCCNc1nc(CC)nc(NCC(C)(C)OCC)c1C. The van der Waals surface area contributed by atoms with E-state index in [2.05, 4.69) is 48.3 Å². The molecule has 0 bridgehead atoms. The van der Waals surface area contributed by atoms with Crippen molar-refractivity contribution in [2.24, 2.45) is 0 Å². The molecule has 1 aromatic rings. The summed E-state index contributed by atoms with van der Waals surface area (Å²) in [4.78, 5) is 9.18. The first kappa shape index (κ1) is 17.7. The van der Waals surface area contributed by atoms with Crippen LogP contribution in [0.5, 0.6) is 0 Å². The van der Waals surface area contributed by atoms with E-state index in [1.165, 1.54) is 0 Å². The largest absolute Gasteiger partial charge is 0.374 e. The molecule has 2 N–H and O–H groups in total. The molecule has 1 aromatic heterocycles. The zero-order valence-electron chi connectivity index (χ0n) is 14.3. The van der Waals surface area contributed by atoms with E-state index >= 15 is 0 Å². The van der Waals surface area contributed by atoms with Gasteiger partial charge in [-0.05, 0) is 34.1 Å². The lowest BCUT2D eigenvalue weighted by Crippen LogP contribution is -2.34. The van der Waals surface area contributed by atoms with Crippen molar-refractivity contribution in [3.05, 3.63) is 11.4 Å². The van der Waals surface area contributed by atoms with Gasteiger partial charge in [0.1, 0.15) is 17.5 Å². The van der Waals surface area contributed by atoms with Crippen molar-refractivity contribution in [3.8, 4) is 0 Å². The molecule has 120 valence electrons. The fourth-order valence-corrected chi connectivity index (χ4v) is 2.05. The fourth-order valence-electron chi connectivity index (χ4n) is 2.05. The van der Waals surface area contributed by atoms with Crippen LogP contribution in [0.4, 0.5) is 11.6 Å². The Morgan fingerprint density at radius 2 is 1.67 bits per heavy atom. The summed E-state index contributed by atoms with van der Waals surface area (Å²) in [6, 6.07) is 0. The van der Waals surface area contributed by atoms with E-state index in [0.29, 0.717) is 6.61 Å². The molecule has 1 heterocycles. The Bertz CT molecular complexity index is 446. The lowest BCUT2D eigenvalue weighted by molar-refractivity contribution is 0.000632. The quantitative estimate of drug-likeness (QED) is 0.731. The van der Waals surface area contributed by atoms with Crippen molar-refractivity contribution < 1.29 is 4.74 Å². The van der Waals surface area contributed by atoms with Gasteiger partial charge in [0, 0.05) is 31.7 Å². The van der Waals surface area contributed by atoms with Crippen LogP contribution in [-0.2, 0) is 11.2 Å². The van der Waals surface area contributed by atoms with E-state index in [1.807, 2.05) is 13.8 Å². The molecule has 0 atom stereocenters. The van der Waals surface area contributed by atoms with Gasteiger partial charge in [-0.25, -0.2) is 9.97 Å². The first-order valence-corrected chi connectivity index (χ1v) is 7.92. The topological polar surface area (TPSA) is 59.1 Å². The standard InChI is InChI=1S/C16H30N4O/c1-7-10-17-14-12(4)15(20-13(8-2)19-14)18-11-16(5,6)21-9-3/h7-11H2,1-6H3,(H2,17,18,19,20). The van der Waals surface area contributed by atoms with Crippen molar-refractivity contribution in [2.45, 2.75) is 60.0 Å². The summed E-state index contributed by atoms with van der Waals surface area (Å²) in [5.41, 5.74) is 0.850. The van der Waals surface area contributed by atoms with Crippen LogP contribution < -0.4 is 10.6 Å². The van der Waals surface area contributed by atoms with E-state index in [0.717, 1.165) is 49.0 Å². The molecule has 0 aliphatic carbocycles. The molecule has 0 unspecified atom stereocenters. The van der Waals surface area contributed by atoms with E-state index in [-0.39, 0.29) is 5.60 Å². The van der Waals surface area contributed by atoms with Crippen LogP contribution in [0.1, 0.15) is 52.4 Å². The van der Waals surface area contributed by atoms with Gasteiger partial charge in [0.25, 0.3) is 0 Å². The Balaban J connectivity index is 2.89. The molecule has 0 fully saturated rings. The van der Waals surface area contributed by atoms with Crippen molar-refractivity contribution >= 4 is 11.6 Å². The highest BCUT2D eigenvalue weighted by molar-refractivity contribution is 5.57. The average molecular weight is 294 g/mol. The van der Waals surface area contributed by atoms with Crippen LogP contribution in [0.3, 0.4) is 0 Å². The minimum Gasteiger partial charge on any atom is -0.374 e. The van der Waals surface area contributed by atoms with Crippen LogP contribution in [0.2, 0.25) is 0 Å². The van der Waals surface area contributed by atoms with Crippen LogP contribution >= 0.6 is 0 Å². The van der Waals surface area contributed by atoms with Gasteiger partial charge in [0.15, 0.2) is 0 Å². The summed E-state index contributed by atoms with van der Waals surface area (Å²) in [6.07, 6.45) is 1.90. The third kappa shape index (κ3) is 5.50. The summed E-state index contributed by atoms with van der Waals surface area (Å²) in [7, 11) is 0. The first-order valence-electron chi connectivity index (χ1n) is 7.92. The Morgan fingerprint density at radius 1 is 1.05 bits per heavy atom. The summed E-state index contributed by atoms with van der Waals surface area (Å²) in [6.45, 7) is 14.8. The third-order valence-corrected chi connectivity index (χ3v) is 3.27. The Hall–Kier alpha value is -1.36. The molecule has 0 amide bonds. The molecule has 0 spiro atoms. The maximum absolute atomic E-state index is 5.72. The fraction of sp³-hybridized carbons (Fsp3) is 0.750. The zero-order valence-corrected chi connectivity index (χ0v) is 14.3. The molecule has 5 nitrogen and oxygen atoms in total. The molecule has 0 radical (unpaired) electrons. The predicted octanol–water partition coefficient (Wildman–Crippen LogP) is 3.40. The molecule has 0 aliphatic rings. The van der Waals surface area contributed by atoms with E-state index in [4.69, 9.17) is 4.74 Å². The normalized spacial score (nSPS) is 11.5. The second-order valence-electron chi connectivity index (χ2n) is 5.79. The number of ether oxygens (including phenoxy) is 1. The van der Waals surface area contributed by atoms with Gasteiger partial charge >= 0.3 is 0 Å². The summed E-state index contributed by atoms with van der Waals surface area (Å²) < 4.78 is 5.72. The second kappa shape index (κ2) is 8.17. The molecule has 0 aromatic carbocycles. The highest BCUT2D eigenvalue weighted by Crippen LogP contribution is 2.21. The number of hydrogen-bond acceptors (Lipinski definition) is 5. The number of hydrogen-bond donors (Lipinski definition) is 2. The summed E-state index contributed by atoms with van der Waals surface area (Å²) in [5.74, 6) is 2.68. The van der Waals surface area contributed by atoms with Crippen molar-refractivity contribution in [1.29, 1.82) is 0 Å². The van der Waals surface area contributed by atoms with Gasteiger partial charge in [0.2, 0.25) is 0 Å². The van der Waals surface area contributed by atoms with Crippen LogP contribution in [0.15, 0.2) is 0 Å². The van der Waals surface area contributed by atoms with E-state index in [1.54, 1.807) is 0 Å². The van der Waals surface area contributed by atoms with Gasteiger partial charge in [-0.2, -0.15) is 0 Å². The lowest BCUT2D eigenvalue weighted by atomic mass is 10.1. The number of anilines is 2. The van der Waals surface area contributed by atoms with Crippen molar-refractivity contribution in [1.82, 2.24) is 9.97 Å². The Labute approximate surface area is 128 Å². The van der Waals surface area contributed by atoms with Gasteiger partial charge in [0.05, 0.1) is 5.60 Å². The minimum atomic E-state index is -0.213. The Kier molecular flexibility index (Phi) is 6.89. The van der Waals surface area contributed by atoms with Crippen molar-refractivity contribution in [2.75, 3.05) is 30.3 Å². The number of nitrogens with zero attached hydrogens (tertiary/aromatic N) is 2. The number of nitrogens with one attached hydrogen (secondary N) is 2. The molecule has 1 rings (SSSR count). The molecule has 0 aliphatic heterocycles. The molecule has 21 heavy (non-hydrogen) atoms. The van der Waals surface area contributed by atoms with E-state index < -0.39 is 0 Å². The highest BCUT2D eigenvalue weighted by atomic mass is 16.5. The maximum Gasteiger partial charge on any atom is 0.134 e. The van der Waals surface area contributed by atoms with E-state index in [9.17, 15) is 0 Å². The average Bonchev–Trinajstić information content (AvgIpc) is 2.45. The van der Waals surface area contributed by atoms with Crippen molar-refractivity contribution in [3.63, 3.8) is 0 Å². The first-order chi connectivity index (χ1) is 9.93. The minimum absolute atomic E-state index is 0.213. The number of rotatable bonds is 9. The van der Waals surface area contributed by atoms with Gasteiger partial charge in [-0.15, -0.1) is 0 Å². The van der Waals surface area contributed by atoms with Gasteiger partial charge in [-0.1, -0.05) is 13.8 Å². The predicted molar refractivity (Wildman–Crippen MR) is 89.1 cm³/mol. The number of aryl methyl sites for hydroxylation is 1.